The standard InChI is InChI=1S/C16H13NO/c1-2-6-12-11(5-1)9-18-10-15-16(12)13-7-3-4-8-14(13)17-15/h1-8,17H,9-10H2. The summed E-state index contributed by atoms with van der Waals surface area (Å²) in [7, 11) is 0. The van der Waals surface area contributed by atoms with E-state index in [0.29, 0.717) is 13.2 Å². The number of nitrogens with one attached hydrogen (secondary N) is 1. The Labute approximate surface area is 105 Å². The summed E-state index contributed by atoms with van der Waals surface area (Å²) in [5.74, 6) is 0. The van der Waals surface area contributed by atoms with Crippen molar-refractivity contribution in [2.75, 3.05) is 0 Å². The van der Waals surface area contributed by atoms with Crippen LogP contribution in [0.5, 0.6) is 0 Å². The molecule has 0 atom stereocenters. The van der Waals surface area contributed by atoms with Crippen molar-refractivity contribution in [2.24, 2.45) is 0 Å². The van der Waals surface area contributed by atoms with E-state index in [1.807, 2.05) is 0 Å². The third-order valence-electron chi connectivity index (χ3n) is 3.57. The predicted molar refractivity (Wildman–Crippen MR) is 72.2 cm³/mol. The Morgan fingerprint density at radius 1 is 0.889 bits per heavy atom. The summed E-state index contributed by atoms with van der Waals surface area (Å²) in [5, 5.41) is 1.28. The SMILES string of the molecule is c1ccc2c(c1)COCc1[nH]c3ccccc3c1-2. The molecule has 1 N–H and O–H groups in total. The lowest BCUT2D eigenvalue weighted by molar-refractivity contribution is 0.107. The maximum Gasteiger partial charge on any atom is 0.0877 e. The molecule has 0 fully saturated rings. The fourth-order valence-electron chi connectivity index (χ4n) is 2.77. The molecule has 2 aromatic carbocycles. The number of benzene rings is 2. The van der Waals surface area contributed by atoms with Gasteiger partial charge in [0.2, 0.25) is 0 Å². The highest BCUT2D eigenvalue weighted by molar-refractivity contribution is 5.98. The van der Waals surface area contributed by atoms with Crippen LogP contribution in [0.3, 0.4) is 0 Å². The van der Waals surface area contributed by atoms with E-state index in [0.717, 1.165) is 0 Å². The van der Waals surface area contributed by atoms with E-state index in [9.17, 15) is 0 Å². The van der Waals surface area contributed by atoms with Crippen molar-refractivity contribution in [3.63, 3.8) is 0 Å². The van der Waals surface area contributed by atoms with Crippen molar-refractivity contribution in [2.45, 2.75) is 13.2 Å². The van der Waals surface area contributed by atoms with Gasteiger partial charge in [0.15, 0.2) is 0 Å². The van der Waals surface area contributed by atoms with E-state index in [1.165, 1.54) is 33.3 Å². The molecule has 0 unspecified atom stereocenters. The van der Waals surface area contributed by atoms with Crippen LogP contribution in [0.1, 0.15) is 11.3 Å². The van der Waals surface area contributed by atoms with Crippen molar-refractivity contribution in [1.29, 1.82) is 0 Å². The summed E-state index contributed by atoms with van der Waals surface area (Å²) in [4.78, 5) is 3.47. The van der Waals surface area contributed by atoms with Gasteiger partial charge in [-0.05, 0) is 17.2 Å². The predicted octanol–water partition coefficient (Wildman–Crippen LogP) is 3.87. The third kappa shape index (κ3) is 1.33. The molecular weight excluding hydrogens is 222 g/mol. The fraction of sp³-hybridized carbons (Fsp3) is 0.125. The van der Waals surface area contributed by atoms with Crippen molar-refractivity contribution in [3.05, 3.63) is 59.8 Å². The number of rotatable bonds is 0. The van der Waals surface area contributed by atoms with Gasteiger partial charge < -0.3 is 9.72 Å². The summed E-state index contributed by atoms with van der Waals surface area (Å²) in [6, 6.07) is 16.9. The summed E-state index contributed by atoms with van der Waals surface area (Å²) in [5.41, 5.74) is 6.23. The molecule has 18 heavy (non-hydrogen) atoms. The molecule has 0 saturated carbocycles. The molecule has 3 aromatic rings. The molecule has 0 aliphatic carbocycles. The summed E-state index contributed by atoms with van der Waals surface area (Å²) < 4.78 is 5.75. The first kappa shape index (κ1) is 9.92. The van der Waals surface area contributed by atoms with Gasteiger partial charge in [0.25, 0.3) is 0 Å². The highest BCUT2D eigenvalue weighted by Gasteiger charge is 2.18. The van der Waals surface area contributed by atoms with Crippen molar-refractivity contribution >= 4 is 10.9 Å². The largest absolute Gasteiger partial charge is 0.371 e. The molecule has 1 aliphatic rings. The Morgan fingerprint density at radius 2 is 1.72 bits per heavy atom. The molecule has 1 aromatic heterocycles. The second-order valence-corrected chi connectivity index (χ2v) is 4.67. The molecule has 0 spiro atoms. The number of para-hydroxylation sites is 1. The first-order chi connectivity index (χ1) is 8.93. The maximum atomic E-state index is 5.75. The van der Waals surface area contributed by atoms with Gasteiger partial charge in [-0.1, -0.05) is 42.5 Å². The second kappa shape index (κ2) is 3.72. The molecule has 0 amide bonds. The molecule has 0 radical (unpaired) electrons. The van der Waals surface area contributed by atoms with Crippen molar-refractivity contribution in [1.82, 2.24) is 4.98 Å². The van der Waals surface area contributed by atoms with Gasteiger partial charge in [0, 0.05) is 22.2 Å². The molecule has 0 saturated heterocycles. The Balaban J connectivity index is 2.13. The molecule has 0 bridgehead atoms. The van der Waals surface area contributed by atoms with Gasteiger partial charge in [-0.25, -0.2) is 0 Å². The highest BCUT2D eigenvalue weighted by atomic mass is 16.5. The summed E-state index contributed by atoms with van der Waals surface area (Å²) in [6.07, 6.45) is 0. The molecule has 2 heterocycles. The van der Waals surface area contributed by atoms with Crippen molar-refractivity contribution in [3.8, 4) is 11.1 Å². The van der Waals surface area contributed by atoms with E-state index in [1.54, 1.807) is 0 Å². The Morgan fingerprint density at radius 3 is 2.72 bits per heavy atom. The van der Waals surface area contributed by atoms with Gasteiger partial charge in [-0.2, -0.15) is 0 Å². The normalized spacial score (nSPS) is 14.0. The van der Waals surface area contributed by atoms with E-state index >= 15 is 0 Å². The lowest BCUT2D eigenvalue weighted by Gasteiger charge is -2.05. The average molecular weight is 235 g/mol. The van der Waals surface area contributed by atoms with Crippen LogP contribution in [0.2, 0.25) is 0 Å². The number of aromatic nitrogens is 1. The lowest BCUT2D eigenvalue weighted by Crippen LogP contribution is -1.90. The van der Waals surface area contributed by atoms with E-state index in [-0.39, 0.29) is 0 Å². The van der Waals surface area contributed by atoms with Crippen LogP contribution in [0, 0.1) is 0 Å². The second-order valence-electron chi connectivity index (χ2n) is 4.67. The van der Waals surface area contributed by atoms with Crippen LogP contribution < -0.4 is 0 Å². The fourth-order valence-corrected chi connectivity index (χ4v) is 2.77. The first-order valence-electron chi connectivity index (χ1n) is 6.19. The van der Waals surface area contributed by atoms with Crippen LogP contribution >= 0.6 is 0 Å². The van der Waals surface area contributed by atoms with E-state index in [4.69, 9.17) is 4.74 Å². The number of hydrogen-bond acceptors (Lipinski definition) is 1. The van der Waals surface area contributed by atoms with Crippen LogP contribution in [-0.2, 0) is 18.0 Å². The molecular formula is C16H13NO. The van der Waals surface area contributed by atoms with Gasteiger partial charge in [-0.15, -0.1) is 0 Å². The zero-order chi connectivity index (χ0) is 11.9. The minimum atomic E-state index is 0.651. The first-order valence-corrected chi connectivity index (χ1v) is 6.19. The lowest BCUT2D eigenvalue weighted by atomic mass is 9.98. The average Bonchev–Trinajstić information content (AvgIpc) is 2.68. The molecule has 1 aliphatic heterocycles. The van der Waals surface area contributed by atoms with E-state index < -0.39 is 0 Å². The number of hydrogen-bond donors (Lipinski definition) is 1. The minimum absolute atomic E-state index is 0.651. The Bertz CT molecular complexity index is 727. The van der Waals surface area contributed by atoms with Crippen molar-refractivity contribution < 1.29 is 4.74 Å². The van der Waals surface area contributed by atoms with Crippen LogP contribution in [-0.4, -0.2) is 4.98 Å². The zero-order valence-electron chi connectivity index (χ0n) is 9.94. The third-order valence-corrected chi connectivity index (χ3v) is 3.57. The van der Waals surface area contributed by atoms with Gasteiger partial charge in [0.1, 0.15) is 0 Å². The zero-order valence-corrected chi connectivity index (χ0v) is 9.94. The monoisotopic (exact) mass is 235 g/mol. The highest BCUT2D eigenvalue weighted by Crippen LogP contribution is 2.37. The molecule has 2 heteroatoms. The Hall–Kier alpha value is -2.06. The van der Waals surface area contributed by atoms with Gasteiger partial charge >= 0.3 is 0 Å². The van der Waals surface area contributed by atoms with Crippen LogP contribution in [0.25, 0.3) is 22.0 Å². The number of H-pyrrole nitrogens is 1. The van der Waals surface area contributed by atoms with Gasteiger partial charge in [-0.3, -0.25) is 0 Å². The van der Waals surface area contributed by atoms with Crippen LogP contribution in [0.15, 0.2) is 48.5 Å². The maximum absolute atomic E-state index is 5.75. The number of aromatic amines is 1. The quantitative estimate of drug-likeness (QED) is 0.628. The molecule has 88 valence electrons. The van der Waals surface area contributed by atoms with Gasteiger partial charge in [0.05, 0.1) is 13.2 Å². The topological polar surface area (TPSA) is 25.0 Å². The smallest absolute Gasteiger partial charge is 0.0877 e. The Kier molecular flexibility index (Phi) is 2.05. The van der Waals surface area contributed by atoms with E-state index in [2.05, 4.69) is 53.5 Å². The molecule has 2 nitrogen and oxygen atoms in total. The number of ether oxygens (including phenoxy) is 1. The van der Waals surface area contributed by atoms with Crippen LogP contribution in [0.4, 0.5) is 0 Å². The molecule has 4 rings (SSSR count). The number of fused-ring (bicyclic) bond motifs is 5. The minimum Gasteiger partial charge on any atom is -0.371 e. The summed E-state index contributed by atoms with van der Waals surface area (Å²) >= 11 is 0. The summed E-state index contributed by atoms with van der Waals surface area (Å²) in [6.45, 7) is 1.34.